The van der Waals surface area contributed by atoms with Gasteiger partial charge in [0.25, 0.3) is 5.69 Å². The van der Waals surface area contributed by atoms with Crippen LogP contribution in [0.5, 0.6) is 0 Å². The summed E-state index contributed by atoms with van der Waals surface area (Å²) in [4.78, 5) is 23.0. The number of benzene rings is 2. The second kappa shape index (κ2) is 8.75. The van der Waals surface area contributed by atoms with E-state index >= 15 is 0 Å². The van der Waals surface area contributed by atoms with Crippen molar-refractivity contribution in [2.45, 2.75) is 4.90 Å². The molecular formula is C17H16N2O3S. The lowest BCUT2D eigenvalue weighted by molar-refractivity contribution is -0.384. The maximum atomic E-state index is 11.7. The van der Waals surface area contributed by atoms with Gasteiger partial charge in [0.1, 0.15) is 0 Å². The third kappa shape index (κ3) is 5.96. The third-order valence-corrected chi connectivity index (χ3v) is 3.96. The van der Waals surface area contributed by atoms with E-state index in [0.29, 0.717) is 6.54 Å². The van der Waals surface area contributed by atoms with Gasteiger partial charge >= 0.3 is 0 Å². The topological polar surface area (TPSA) is 72.2 Å². The lowest BCUT2D eigenvalue weighted by atomic mass is 10.2. The molecule has 0 spiro atoms. The van der Waals surface area contributed by atoms with E-state index < -0.39 is 4.92 Å². The molecule has 0 unspecified atom stereocenters. The third-order valence-electron chi connectivity index (χ3n) is 2.94. The molecule has 5 nitrogen and oxygen atoms in total. The molecule has 1 amide bonds. The monoisotopic (exact) mass is 328 g/mol. The number of carbonyl (C=O) groups is 1. The normalized spacial score (nSPS) is 10.6. The number of hydrogen-bond acceptors (Lipinski definition) is 4. The molecule has 2 aromatic rings. The number of nitrogens with one attached hydrogen (secondary N) is 1. The average Bonchev–Trinajstić information content (AvgIpc) is 2.58. The highest BCUT2D eigenvalue weighted by Crippen LogP contribution is 2.15. The van der Waals surface area contributed by atoms with Crippen molar-refractivity contribution in [2.24, 2.45) is 0 Å². The molecule has 0 bridgehead atoms. The molecule has 0 aliphatic heterocycles. The molecule has 1 N–H and O–H groups in total. The number of rotatable bonds is 7. The van der Waals surface area contributed by atoms with Crippen LogP contribution in [0.25, 0.3) is 6.08 Å². The van der Waals surface area contributed by atoms with Crippen LogP contribution in [0.2, 0.25) is 0 Å². The van der Waals surface area contributed by atoms with Gasteiger partial charge in [-0.3, -0.25) is 14.9 Å². The first-order chi connectivity index (χ1) is 11.1. The fraction of sp³-hybridized carbons (Fsp3) is 0.118. The van der Waals surface area contributed by atoms with Gasteiger partial charge in [-0.1, -0.05) is 18.2 Å². The summed E-state index contributed by atoms with van der Waals surface area (Å²) in [7, 11) is 0. The van der Waals surface area contributed by atoms with Crippen molar-refractivity contribution in [1.82, 2.24) is 5.32 Å². The fourth-order valence-electron chi connectivity index (χ4n) is 1.80. The van der Waals surface area contributed by atoms with Gasteiger partial charge in [0, 0.05) is 35.4 Å². The number of nitro groups is 1. The molecule has 118 valence electrons. The zero-order valence-corrected chi connectivity index (χ0v) is 13.2. The summed E-state index contributed by atoms with van der Waals surface area (Å²) >= 11 is 1.68. The quantitative estimate of drug-likeness (QED) is 0.277. The lowest BCUT2D eigenvalue weighted by Gasteiger charge is -2.02. The van der Waals surface area contributed by atoms with Gasteiger partial charge in [0.15, 0.2) is 0 Å². The Hall–Kier alpha value is -2.60. The Kier molecular flexibility index (Phi) is 6.38. The molecule has 0 aromatic heterocycles. The van der Waals surface area contributed by atoms with Crippen LogP contribution in [0.15, 0.2) is 65.6 Å². The number of carbonyl (C=O) groups excluding carboxylic acids is 1. The van der Waals surface area contributed by atoms with Crippen LogP contribution in [0, 0.1) is 10.1 Å². The van der Waals surface area contributed by atoms with Crippen molar-refractivity contribution >= 4 is 29.4 Å². The number of non-ortho nitro benzene ring substituents is 1. The highest BCUT2D eigenvalue weighted by atomic mass is 32.2. The summed E-state index contributed by atoms with van der Waals surface area (Å²) in [5.41, 5.74) is 0.772. The molecule has 2 rings (SSSR count). The predicted molar refractivity (Wildman–Crippen MR) is 92.3 cm³/mol. The van der Waals surface area contributed by atoms with Crippen molar-refractivity contribution in [3.63, 3.8) is 0 Å². The van der Waals surface area contributed by atoms with Crippen LogP contribution in [0.3, 0.4) is 0 Å². The molecule has 0 aliphatic carbocycles. The number of amides is 1. The van der Waals surface area contributed by atoms with Crippen molar-refractivity contribution in [3.8, 4) is 0 Å². The smallest absolute Gasteiger partial charge is 0.269 e. The SMILES string of the molecule is O=C(/C=C/c1ccc([N+](=O)[O-])cc1)NCCSc1ccccc1. The summed E-state index contributed by atoms with van der Waals surface area (Å²) < 4.78 is 0. The van der Waals surface area contributed by atoms with Gasteiger partial charge in [0.2, 0.25) is 5.91 Å². The van der Waals surface area contributed by atoms with Gasteiger partial charge in [-0.2, -0.15) is 0 Å². The minimum absolute atomic E-state index is 0.0320. The van der Waals surface area contributed by atoms with E-state index in [1.807, 2.05) is 30.3 Å². The van der Waals surface area contributed by atoms with Gasteiger partial charge in [-0.15, -0.1) is 11.8 Å². The maximum Gasteiger partial charge on any atom is 0.269 e. The molecule has 23 heavy (non-hydrogen) atoms. The number of hydrogen-bond donors (Lipinski definition) is 1. The first kappa shape index (κ1) is 16.8. The largest absolute Gasteiger partial charge is 0.352 e. The number of nitro benzene ring substituents is 1. The van der Waals surface area contributed by atoms with Crippen molar-refractivity contribution in [3.05, 3.63) is 76.4 Å². The van der Waals surface area contributed by atoms with Gasteiger partial charge in [-0.05, 0) is 35.9 Å². The summed E-state index contributed by atoms with van der Waals surface area (Å²) in [6.07, 6.45) is 3.05. The van der Waals surface area contributed by atoms with E-state index in [-0.39, 0.29) is 11.6 Å². The highest BCUT2D eigenvalue weighted by Gasteiger charge is 2.02. The Morgan fingerprint density at radius 2 is 1.83 bits per heavy atom. The Morgan fingerprint density at radius 3 is 2.48 bits per heavy atom. The molecule has 0 radical (unpaired) electrons. The zero-order chi connectivity index (χ0) is 16.5. The second-order valence-corrected chi connectivity index (χ2v) is 5.80. The summed E-state index contributed by atoms with van der Waals surface area (Å²) in [6, 6.07) is 16.0. The van der Waals surface area contributed by atoms with Crippen LogP contribution in [-0.2, 0) is 4.79 Å². The molecule has 0 saturated carbocycles. The highest BCUT2D eigenvalue weighted by molar-refractivity contribution is 7.99. The van der Waals surface area contributed by atoms with E-state index in [4.69, 9.17) is 0 Å². The van der Waals surface area contributed by atoms with E-state index in [2.05, 4.69) is 5.32 Å². The molecule has 0 fully saturated rings. The van der Waals surface area contributed by atoms with Crippen molar-refractivity contribution in [2.75, 3.05) is 12.3 Å². The molecule has 0 heterocycles. The minimum Gasteiger partial charge on any atom is -0.352 e. The van der Waals surface area contributed by atoms with Crippen LogP contribution in [-0.4, -0.2) is 23.1 Å². The molecular weight excluding hydrogens is 312 g/mol. The van der Waals surface area contributed by atoms with E-state index in [0.717, 1.165) is 11.3 Å². The Bertz CT molecular complexity index is 685. The van der Waals surface area contributed by atoms with E-state index in [1.54, 1.807) is 30.0 Å². The summed E-state index contributed by atoms with van der Waals surface area (Å²) in [5.74, 6) is 0.609. The number of thioether (sulfide) groups is 1. The first-order valence-corrected chi connectivity index (χ1v) is 8.02. The van der Waals surface area contributed by atoms with Crippen molar-refractivity contribution < 1.29 is 9.72 Å². The lowest BCUT2D eigenvalue weighted by Crippen LogP contribution is -2.23. The van der Waals surface area contributed by atoms with Gasteiger partial charge in [-0.25, -0.2) is 0 Å². The van der Waals surface area contributed by atoms with Crippen molar-refractivity contribution in [1.29, 1.82) is 0 Å². The molecule has 0 aliphatic rings. The Labute approximate surface area is 138 Å². The summed E-state index contributed by atoms with van der Waals surface area (Å²) in [5, 5.41) is 13.3. The van der Waals surface area contributed by atoms with E-state index in [1.165, 1.54) is 23.1 Å². The van der Waals surface area contributed by atoms with Gasteiger partial charge in [0.05, 0.1) is 4.92 Å². The first-order valence-electron chi connectivity index (χ1n) is 7.03. The molecule has 0 atom stereocenters. The Morgan fingerprint density at radius 1 is 1.13 bits per heavy atom. The molecule has 0 saturated heterocycles. The van der Waals surface area contributed by atoms with E-state index in [9.17, 15) is 14.9 Å². The predicted octanol–water partition coefficient (Wildman–Crippen LogP) is 3.52. The second-order valence-electron chi connectivity index (χ2n) is 4.63. The van der Waals surface area contributed by atoms with Gasteiger partial charge < -0.3 is 5.32 Å². The standard InChI is InChI=1S/C17H16N2O3S/c20-17(18-12-13-23-16-4-2-1-3-5-16)11-8-14-6-9-15(10-7-14)19(21)22/h1-11H,12-13H2,(H,18,20)/b11-8+. The zero-order valence-electron chi connectivity index (χ0n) is 12.3. The average molecular weight is 328 g/mol. The Balaban J connectivity index is 1.72. The molecule has 2 aromatic carbocycles. The molecule has 6 heteroatoms. The van der Waals surface area contributed by atoms with Crippen LogP contribution < -0.4 is 5.32 Å². The fourth-order valence-corrected chi connectivity index (χ4v) is 2.59. The minimum atomic E-state index is -0.454. The summed E-state index contributed by atoms with van der Waals surface area (Å²) in [6.45, 7) is 0.572. The van der Waals surface area contributed by atoms with Crippen LogP contribution >= 0.6 is 11.8 Å². The number of nitrogens with zero attached hydrogens (tertiary/aromatic N) is 1. The van der Waals surface area contributed by atoms with Crippen LogP contribution in [0.4, 0.5) is 5.69 Å². The van der Waals surface area contributed by atoms with Crippen LogP contribution in [0.1, 0.15) is 5.56 Å². The maximum absolute atomic E-state index is 11.7.